The summed E-state index contributed by atoms with van der Waals surface area (Å²) in [5.74, 6) is 0.0291. The highest BCUT2D eigenvalue weighted by molar-refractivity contribution is 5.82. The van der Waals surface area contributed by atoms with E-state index < -0.39 is 0 Å². The molecule has 0 bridgehead atoms. The van der Waals surface area contributed by atoms with Gasteiger partial charge in [-0.25, -0.2) is 0 Å². The molecule has 2 aromatic carbocycles. The minimum Gasteiger partial charge on any atom is -0.464 e. The van der Waals surface area contributed by atoms with Crippen LogP contribution in [0.15, 0.2) is 60.7 Å². The van der Waals surface area contributed by atoms with E-state index in [1.165, 1.54) is 49.7 Å². The van der Waals surface area contributed by atoms with Crippen molar-refractivity contribution in [1.29, 1.82) is 0 Å². The van der Waals surface area contributed by atoms with Crippen LogP contribution >= 0.6 is 0 Å². The molecule has 0 aliphatic carbocycles. The third kappa shape index (κ3) is 4.00. The number of esters is 1. The van der Waals surface area contributed by atoms with Crippen molar-refractivity contribution in [2.45, 2.75) is 44.1 Å². The fraction of sp³-hybridized carbons (Fsp3) is 0.480. The first-order chi connectivity index (χ1) is 13.7. The Morgan fingerprint density at radius 2 is 1.54 bits per heavy atom. The van der Waals surface area contributed by atoms with Gasteiger partial charge in [0.2, 0.25) is 0 Å². The lowest BCUT2D eigenvalue weighted by Gasteiger charge is -2.51. The molecule has 2 saturated heterocycles. The van der Waals surface area contributed by atoms with Crippen LogP contribution in [0.3, 0.4) is 0 Å². The van der Waals surface area contributed by atoms with Crippen molar-refractivity contribution in [1.82, 2.24) is 0 Å². The van der Waals surface area contributed by atoms with Crippen molar-refractivity contribution in [3.8, 4) is 0 Å². The molecule has 0 radical (unpaired) electrons. The Labute approximate surface area is 168 Å². The molecule has 2 aliphatic heterocycles. The zero-order valence-electron chi connectivity index (χ0n) is 16.9. The van der Waals surface area contributed by atoms with Crippen LogP contribution in [0.5, 0.6) is 0 Å². The van der Waals surface area contributed by atoms with Crippen LogP contribution in [0.4, 0.5) is 0 Å². The molecule has 0 spiro atoms. The van der Waals surface area contributed by atoms with E-state index in [0.717, 1.165) is 11.1 Å². The van der Waals surface area contributed by atoms with Gasteiger partial charge in [0, 0.05) is 12.3 Å². The van der Waals surface area contributed by atoms with E-state index in [9.17, 15) is 4.79 Å². The Morgan fingerprint density at radius 3 is 2.18 bits per heavy atom. The second-order valence-corrected chi connectivity index (χ2v) is 8.78. The fourth-order valence-electron chi connectivity index (χ4n) is 5.46. The van der Waals surface area contributed by atoms with Crippen LogP contribution in [0.25, 0.3) is 0 Å². The summed E-state index contributed by atoms with van der Waals surface area (Å²) < 4.78 is 7.18. The summed E-state index contributed by atoms with van der Waals surface area (Å²) in [7, 11) is 2.41. The van der Waals surface area contributed by atoms with E-state index in [0.29, 0.717) is 18.6 Å². The van der Waals surface area contributed by atoms with Gasteiger partial charge in [-0.15, -0.1) is 0 Å². The van der Waals surface area contributed by atoms with Crippen LogP contribution in [-0.2, 0) is 9.53 Å². The Morgan fingerprint density at radius 1 is 0.929 bits per heavy atom. The highest BCUT2D eigenvalue weighted by atomic mass is 16.5. The summed E-state index contributed by atoms with van der Waals surface area (Å²) in [6, 6.07) is 20.7. The molecular weight excluding hydrogens is 346 g/mol. The Bertz CT molecular complexity index is 732. The first kappa shape index (κ1) is 19.2. The lowest BCUT2D eigenvalue weighted by atomic mass is 9.82. The van der Waals surface area contributed by atoms with Crippen molar-refractivity contribution in [3.63, 3.8) is 0 Å². The second kappa shape index (κ2) is 8.48. The van der Waals surface area contributed by atoms with Gasteiger partial charge in [0.25, 0.3) is 0 Å². The number of rotatable bonds is 5. The summed E-state index contributed by atoms with van der Waals surface area (Å²) in [5, 5.41) is 0. The molecule has 0 amide bonds. The van der Waals surface area contributed by atoms with Crippen molar-refractivity contribution < 1.29 is 14.0 Å². The Kier molecular flexibility index (Phi) is 5.82. The quantitative estimate of drug-likeness (QED) is 0.553. The maximum atomic E-state index is 13.2. The van der Waals surface area contributed by atoms with Gasteiger partial charge in [0.15, 0.2) is 0 Å². The number of piperidine rings is 2. The monoisotopic (exact) mass is 378 g/mol. The van der Waals surface area contributed by atoms with Crippen LogP contribution in [0.1, 0.15) is 49.1 Å². The van der Waals surface area contributed by atoms with E-state index in [2.05, 4.69) is 7.05 Å². The molecule has 3 nitrogen and oxygen atoms in total. The summed E-state index contributed by atoms with van der Waals surface area (Å²) in [6.07, 6.45) is 6.37. The Balaban J connectivity index is 1.49. The molecule has 2 fully saturated rings. The average molecular weight is 379 g/mol. The maximum absolute atomic E-state index is 13.2. The normalized spacial score (nSPS) is 27.2. The molecule has 28 heavy (non-hydrogen) atoms. The molecule has 2 aromatic rings. The molecule has 4 rings (SSSR count). The van der Waals surface area contributed by atoms with E-state index in [-0.39, 0.29) is 11.9 Å². The van der Waals surface area contributed by atoms with Crippen LogP contribution in [0.2, 0.25) is 0 Å². The average Bonchev–Trinajstić information content (AvgIpc) is 2.73. The van der Waals surface area contributed by atoms with Crippen molar-refractivity contribution in [2.24, 2.45) is 5.92 Å². The van der Waals surface area contributed by atoms with Crippen molar-refractivity contribution >= 4 is 5.97 Å². The summed E-state index contributed by atoms with van der Waals surface area (Å²) in [6.45, 7) is 3.13. The van der Waals surface area contributed by atoms with Crippen LogP contribution in [0, 0.1) is 5.92 Å². The first-order valence-corrected chi connectivity index (χ1v) is 10.8. The molecule has 3 heteroatoms. The molecular formula is C25H32NO2+. The van der Waals surface area contributed by atoms with Gasteiger partial charge < -0.3 is 9.22 Å². The maximum Gasteiger partial charge on any atom is 0.317 e. The third-order valence-electron chi connectivity index (χ3n) is 6.95. The van der Waals surface area contributed by atoms with E-state index in [1.54, 1.807) is 0 Å². The predicted octanol–water partition coefficient (Wildman–Crippen LogP) is 4.77. The van der Waals surface area contributed by atoms with E-state index >= 15 is 0 Å². The molecule has 2 heterocycles. The molecule has 3 atom stereocenters. The number of ether oxygens (including phenoxy) is 1. The topological polar surface area (TPSA) is 26.3 Å². The van der Waals surface area contributed by atoms with Crippen molar-refractivity contribution in [3.05, 3.63) is 71.8 Å². The lowest BCUT2D eigenvalue weighted by molar-refractivity contribution is -0.947. The minimum atomic E-state index is -0.349. The molecule has 0 N–H and O–H groups in total. The fourth-order valence-corrected chi connectivity index (χ4v) is 5.46. The molecule has 2 aliphatic rings. The van der Waals surface area contributed by atoms with Gasteiger partial charge in [-0.3, -0.25) is 4.79 Å². The third-order valence-corrected chi connectivity index (χ3v) is 6.95. The molecule has 0 saturated carbocycles. The number of hydrogen-bond donors (Lipinski definition) is 0. The minimum absolute atomic E-state index is 0.118. The smallest absolute Gasteiger partial charge is 0.317 e. The lowest BCUT2D eigenvalue weighted by Crippen LogP contribution is -2.61. The predicted molar refractivity (Wildman–Crippen MR) is 112 cm³/mol. The second-order valence-electron chi connectivity index (χ2n) is 8.78. The van der Waals surface area contributed by atoms with Gasteiger partial charge in [0.05, 0.1) is 32.8 Å². The van der Waals surface area contributed by atoms with E-state index in [1.807, 2.05) is 60.7 Å². The summed E-state index contributed by atoms with van der Waals surface area (Å²) >= 11 is 0. The van der Waals surface area contributed by atoms with Crippen molar-refractivity contribution in [2.75, 3.05) is 26.7 Å². The Hall–Kier alpha value is -2.13. The highest BCUT2D eigenvalue weighted by Gasteiger charge is 2.44. The van der Waals surface area contributed by atoms with Gasteiger partial charge in [-0.2, -0.15) is 0 Å². The largest absolute Gasteiger partial charge is 0.464 e. The zero-order valence-corrected chi connectivity index (χ0v) is 16.9. The van der Waals surface area contributed by atoms with Gasteiger partial charge in [0.1, 0.15) is 5.92 Å². The zero-order chi connectivity index (χ0) is 19.4. The van der Waals surface area contributed by atoms with Crippen LogP contribution < -0.4 is 0 Å². The van der Waals surface area contributed by atoms with Gasteiger partial charge in [-0.1, -0.05) is 60.7 Å². The molecule has 148 valence electrons. The first-order valence-electron chi connectivity index (χ1n) is 10.8. The number of nitrogens with zero attached hydrogens (tertiary/aromatic N) is 1. The number of quaternary nitrogens is 1. The number of hydrogen-bond acceptors (Lipinski definition) is 2. The van der Waals surface area contributed by atoms with Gasteiger partial charge >= 0.3 is 5.97 Å². The highest BCUT2D eigenvalue weighted by Crippen LogP contribution is 2.36. The number of carbonyl (C=O) groups excluding carboxylic acids is 1. The number of carbonyl (C=O) groups is 1. The SMILES string of the molecule is C[N@@+]12CCCC[C@@H]1[C@H](COC(=O)C(c1ccccc1)c1ccccc1)CCC2. The summed E-state index contributed by atoms with van der Waals surface area (Å²) in [4.78, 5) is 13.2. The standard InChI is InChI=1S/C25H32NO2/c1-26-17-9-8-16-23(26)22(15-10-18-26)19-28-25(27)24(20-11-4-2-5-12-20)21-13-6-3-7-14-21/h2-7,11-14,22-24H,8-10,15-19H2,1H3/q+1/t22-,23+,26-/m0/s1. The van der Waals surface area contributed by atoms with E-state index in [4.69, 9.17) is 4.74 Å². The molecule has 0 aromatic heterocycles. The molecule has 0 unspecified atom stereocenters. The van der Waals surface area contributed by atoms with Crippen LogP contribution in [-0.4, -0.2) is 43.2 Å². The number of fused-ring (bicyclic) bond motifs is 1. The van der Waals surface area contributed by atoms with Gasteiger partial charge in [-0.05, 0) is 36.8 Å². The number of benzene rings is 2. The summed E-state index contributed by atoms with van der Waals surface area (Å²) in [5.41, 5.74) is 2.00.